The molecule has 3 N–H and O–H groups in total. The number of amides is 1. The zero-order valence-electron chi connectivity index (χ0n) is 10.6. The summed E-state index contributed by atoms with van der Waals surface area (Å²) in [4.78, 5) is 22.7. The van der Waals surface area contributed by atoms with E-state index in [1.54, 1.807) is 6.92 Å². The fourth-order valence-corrected chi connectivity index (χ4v) is 1.39. The maximum atomic E-state index is 12.5. The van der Waals surface area contributed by atoms with Crippen molar-refractivity contribution in [3.05, 3.63) is 29.3 Å². The van der Waals surface area contributed by atoms with Gasteiger partial charge in [0.1, 0.15) is 6.54 Å². The Hall–Kier alpha value is -2.25. The maximum Gasteiger partial charge on any atom is 0.416 e. The minimum atomic E-state index is -4.58. The van der Waals surface area contributed by atoms with E-state index in [-0.39, 0.29) is 17.9 Å². The van der Waals surface area contributed by atoms with E-state index in [9.17, 15) is 22.8 Å². The Labute approximate surface area is 112 Å². The highest BCUT2D eigenvalue weighted by Gasteiger charge is 2.31. The van der Waals surface area contributed by atoms with Gasteiger partial charge in [-0.3, -0.25) is 9.59 Å². The minimum Gasteiger partial charge on any atom is -0.465 e. The number of nitrogen functional groups attached to an aromatic ring is 1. The van der Waals surface area contributed by atoms with E-state index in [1.165, 1.54) is 0 Å². The summed E-state index contributed by atoms with van der Waals surface area (Å²) in [5.74, 6) is -1.56. The van der Waals surface area contributed by atoms with Crippen molar-refractivity contribution in [3.63, 3.8) is 0 Å². The SMILES string of the molecule is CCOC(=O)CNC(=O)c1cc(C(F)(F)F)ccc1N. The van der Waals surface area contributed by atoms with Crippen molar-refractivity contribution in [2.24, 2.45) is 0 Å². The van der Waals surface area contributed by atoms with Crippen LogP contribution in [0.1, 0.15) is 22.8 Å². The number of carbonyl (C=O) groups excluding carboxylic acids is 2. The maximum absolute atomic E-state index is 12.5. The van der Waals surface area contributed by atoms with Crippen LogP contribution >= 0.6 is 0 Å². The summed E-state index contributed by atoms with van der Waals surface area (Å²) in [6.45, 7) is 1.28. The third-order valence-corrected chi connectivity index (χ3v) is 2.32. The van der Waals surface area contributed by atoms with E-state index >= 15 is 0 Å². The molecule has 1 aromatic carbocycles. The van der Waals surface area contributed by atoms with E-state index in [2.05, 4.69) is 10.1 Å². The molecule has 1 amide bonds. The molecular formula is C12H13F3N2O3. The van der Waals surface area contributed by atoms with E-state index in [0.717, 1.165) is 12.1 Å². The van der Waals surface area contributed by atoms with Crippen LogP contribution in [-0.4, -0.2) is 25.0 Å². The number of hydrogen-bond donors (Lipinski definition) is 2. The number of hydrogen-bond acceptors (Lipinski definition) is 4. The Balaban J connectivity index is 2.85. The van der Waals surface area contributed by atoms with Crippen LogP contribution in [-0.2, 0) is 15.7 Å². The lowest BCUT2D eigenvalue weighted by Gasteiger charge is -2.11. The fourth-order valence-electron chi connectivity index (χ4n) is 1.39. The molecule has 0 saturated carbocycles. The summed E-state index contributed by atoms with van der Waals surface area (Å²) in [6.07, 6.45) is -4.58. The number of carbonyl (C=O) groups is 2. The molecule has 20 heavy (non-hydrogen) atoms. The Kier molecular flexibility index (Phi) is 4.95. The quantitative estimate of drug-likeness (QED) is 0.651. The summed E-state index contributed by atoms with van der Waals surface area (Å²) in [7, 11) is 0. The summed E-state index contributed by atoms with van der Waals surface area (Å²) >= 11 is 0. The summed E-state index contributed by atoms with van der Waals surface area (Å²) < 4.78 is 42.2. The van der Waals surface area contributed by atoms with E-state index in [4.69, 9.17) is 5.73 Å². The molecule has 0 bridgehead atoms. The summed E-state index contributed by atoms with van der Waals surface area (Å²) in [5.41, 5.74) is 4.01. The lowest BCUT2D eigenvalue weighted by molar-refractivity contribution is -0.142. The normalized spacial score (nSPS) is 11.0. The molecule has 0 aliphatic carbocycles. The average Bonchev–Trinajstić information content (AvgIpc) is 2.35. The molecule has 5 nitrogen and oxygen atoms in total. The van der Waals surface area contributed by atoms with Crippen LogP contribution in [0.5, 0.6) is 0 Å². The molecule has 0 saturated heterocycles. The summed E-state index contributed by atoms with van der Waals surface area (Å²) in [6, 6.07) is 2.40. The standard InChI is InChI=1S/C12H13F3N2O3/c1-2-20-10(18)6-17-11(19)8-5-7(12(13,14)15)3-4-9(8)16/h3-5H,2,6,16H2,1H3,(H,17,19). The predicted molar refractivity (Wildman–Crippen MR) is 64.8 cm³/mol. The van der Waals surface area contributed by atoms with Crippen molar-refractivity contribution in [2.75, 3.05) is 18.9 Å². The number of esters is 1. The topological polar surface area (TPSA) is 81.4 Å². The van der Waals surface area contributed by atoms with Gasteiger partial charge in [-0.05, 0) is 25.1 Å². The molecular weight excluding hydrogens is 277 g/mol. The Morgan fingerprint density at radius 3 is 2.55 bits per heavy atom. The van der Waals surface area contributed by atoms with Crippen LogP contribution in [0.15, 0.2) is 18.2 Å². The smallest absolute Gasteiger partial charge is 0.416 e. The van der Waals surface area contributed by atoms with Crippen molar-refractivity contribution in [2.45, 2.75) is 13.1 Å². The number of rotatable bonds is 4. The van der Waals surface area contributed by atoms with Crippen LogP contribution in [0.4, 0.5) is 18.9 Å². The van der Waals surface area contributed by atoms with Gasteiger partial charge in [0.15, 0.2) is 0 Å². The second kappa shape index (κ2) is 6.27. The highest BCUT2D eigenvalue weighted by Crippen LogP contribution is 2.31. The number of halogens is 3. The Morgan fingerprint density at radius 2 is 2.00 bits per heavy atom. The number of benzene rings is 1. The monoisotopic (exact) mass is 290 g/mol. The van der Waals surface area contributed by atoms with Gasteiger partial charge in [0.2, 0.25) is 0 Å². The molecule has 1 rings (SSSR count). The number of ether oxygens (including phenoxy) is 1. The first-order valence-corrected chi connectivity index (χ1v) is 5.66. The van der Waals surface area contributed by atoms with Crippen molar-refractivity contribution in [1.29, 1.82) is 0 Å². The molecule has 0 fully saturated rings. The molecule has 0 unspecified atom stereocenters. The van der Waals surface area contributed by atoms with Crippen LogP contribution in [0.25, 0.3) is 0 Å². The zero-order valence-corrected chi connectivity index (χ0v) is 10.6. The number of alkyl halides is 3. The predicted octanol–water partition coefficient (Wildman–Crippen LogP) is 1.58. The second-order valence-electron chi connectivity index (χ2n) is 3.79. The molecule has 0 atom stereocenters. The molecule has 0 aliphatic rings. The van der Waals surface area contributed by atoms with E-state index in [0.29, 0.717) is 6.07 Å². The van der Waals surface area contributed by atoms with Gasteiger partial charge in [-0.15, -0.1) is 0 Å². The van der Waals surface area contributed by atoms with E-state index in [1.807, 2.05) is 0 Å². The zero-order chi connectivity index (χ0) is 15.3. The third-order valence-electron chi connectivity index (χ3n) is 2.32. The Bertz CT molecular complexity index is 515. The van der Waals surface area contributed by atoms with Gasteiger partial charge in [0, 0.05) is 5.69 Å². The number of anilines is 1. The Morgan fingerprint density at radius 1 is 1.35 bits per heavy atom. The molecule has 8 heteroatoms. The lowest BCUT2D eigenvalue weighted by Crippen LogP contribution is -2.31. The first kappa shape index (κ1) is 15.8. The van der Waals surface area contributed by atoms with Gasteiger partial charge in [-0.25, -0.2) is 0 Å². The second-order valence-corrected chi connectivity index (χ2v) is 3.79. The minimum absolute atomic E-state index is 0.112. The van der Waals surface area contributed by atoms with Gasteiger partial charge in [-0.2, -0.15) is 13.2 Å². The molecule has 0 heterocycles. The van der Waals surface area contributed by atoms with Crippen molar-refractivity contribution >= 4 is 17.6 Å². The van der Waals surface area contributed by atoms with Gasteiger partial charge in [0.25, 0.3) is 5.91 Å². The highest BCUT2D eigenvalue weighted by molar-refractivity contribution is 6.00. The van der Waals surface area contributed by atoms with Gasteiger partial charge in [-0.1, -0.05) is 0 Å². The average molecular weight is 290 g/mol. The van der Waals surface area contributed by atoms with Gasteiger partial charge >= 0.3 is 12.1 Å². The van der Waals surface area contributed by atoms with Crippen molar-refractivity contribution in [3.8, 4) is 0 Å². The van der Waals surface area contributed by atoms with E-state index < -0.39 is 30.2 Å². The largest absolute Gasteiger partial charge is 0.465 e. The molecule has 110 valence electrons. The van der Waals surface area contributed by atoms with Crippen LogP contribution in [0, 0.1) is 0 Å². The molecule has 0 aromatic heterocycles. The molecule has 1 aromatic rings. The van der Waals surface area contributed by atoms with Crippen LogP contribution < -0.4 is 11.1 Å². The molecule has 0 radical (unpaired) electrons. The molecule has 0 aliphatic heterocycles. The third kappa shape index (κ3) is 4.15. The first-order valence-electron chi connectivity index (χ1n) is 5.66. The highest BCUT2D eigenvalue weighted by atomic mass is 19.4. The molecule has 0 spiro atoms. The van der Waals surface area contributed by atoms with Gasteiger partial charge < -0.3 is 15.8 Å². The summed E-state index contributed by atoms with van der Waals surface area (Å²) in [5, 5.41) is 2.14. The van der Waals surface area contributed by atoms with Crippen molar-refractivity contribution < 1.29 is 27.5 Å². The van der Waals surface area contributed by atoms with Gasteiger partial charge in [0.05, 0.1) is 17.7 Å². The lowest BCUT2D eigenvalue weighted by atomic mass is 10.1. The first-order chi connectivity index (χ1) is 9.25. The fraction of sp³-hybridized carbons (Fsp3) is 0.333. The van der Waals surface area contributed by atoms with Crippen LogP contribution in [0.3, 0.4) is 0 Å². The number of nitrogens with two attached hydrogens (primary N) is 1. The number of nitrogens with one attached hydrogen (secondary N) is 1. The van der Waals surface area contributed by atoms with Crippen molar-refractivity contribution in [1.82, 2.24) is 5.32 Å². The van der Waals surface area contributed by atoms with Crippen LogP contribution in [0.2, 0.25) is 0 Å².